The number of amides is 2. The molecule has 0 fully saturated rings. The van der Waals surface area contributed by atoms with Crippen LogP contribution in [0.15, 0.2) is 36.4 Å². The van der Waals surface area contributed by atoms with Gasteiger partial charge in [0.05, 0.1) is 0 Å². The van der Waals surface area contributed by atoms with Crippen LogP contribution in [0.25, 0.3) is 10.8 Å². The fourth-order valence-electron chi connectivity index (χ4n) is 3.29. The van der Waals surface area contributed by atoms with E-state index in [-0.39, 0.29) is 11.8 Å². The van der Waals surface area contributed by atoms with E-state index in [1.807, 2.05) is 24.3 Å². The summed E-state index contributed by atoms with van der Waals surface area (Å²) < 4.78 is 16.2. The molecule has 2 aromatic carbocycles. The van der Waals surface area contributed by atoms with Crippen molar-refractivity contribution in [2.75, 3.05) is 27.9 Å². The first-order valence-electron chi connectivity index (χ1n) is 8.10. The predicted octanol–water partition coefficient (Wildman–Crippen LogP) is 2.70. The van der Waals surface area contributed by atoms with E-state index in [2.05, 4.69) is 0 Å². The van der Waals surface area contributed by atoms with Crippen LogP contribution in [-0.4, -0.2) is 53.4 Å². The lowest BCUT2D eigenvalue weighted by molar-refractivity contribution is 0.0604. The van der Waals surface area contributed by atoms with Crippen LogP contribution in [0, 0.1) is 0 Å². The monoisotopic (exact) mass is 359 g/mol. The van der Waals surface area contributed by atoms with Gasteiger partial charge in [-0.1, -0.05) is 24.3 Å². The molecule has 1 aliphatic rings. The van der Waals surface area contributed by atoms with E-state index in [0.717, 1.165) is 10.8 Å². The molecule has 6 nitrogen and oxygen atoms in total. The molecule has 25 heavy (non-hydrogen) atoms. The lowest BCUT2D eigenvalue weighted by Gasteiger charge is -2.29. The molecule has 0 atom stereocenters. The molecule has 0 aromatic heterocycles. The van der Waals surface area contributed by atoms with Crippen molar-refractivity contribution < 1.29 is 22.9 Å². The maximum atomic E-state index is 12.8. The van der Waals surface area contributed by atoms with Gasteiger partial charge in [-0.15, -0.1) is 0 Å². The SMILES string of the molecule is CO[Si](CCCN1C(=O)c2cccc3cccc(c23)C1=O)(OC)OC. The highest BCUT2D eigenvalue weighted by Gasteiger charge is 2.38. The summed E-state index contributed by atoms with van der Waals surface area (Å²) in [5, 5.41) is 1.64. The Bertz CT molecular complexity index is 759. The Labute approximate surface area is 147 Å². The average molecular weight is 359 g/mol. The predicted molar refractivity (Wildman–Crippen MR) is 95.5 cm³/mol. The minimum atomic E-state index is -2.72. The van der Waals surface area contributed by atoms with Crippen molar-refractivity contribution in [2.24, 2.45) is 0 Å². The van der Waals surface area contributed by atoms with Crippen molar-refractivity contribution in [2.45, 2.75) is 12.5 Å². The van der Waals surface area contributed by atoms with Crippen LogP contribution in [-0.2, 0) is 13.3 Å². The van der Waals surface area contributed by atoms with Crippen molar-refractivity contribution in [3.63, 3.8) is 0 Å². The molecule has 1 aliphatic heterocycles. The van der Waals surface area contributed by atoms with Crippen LogP contribution in [0.5, 0.6) is 0 Å². The molecule has 0 bridgehead atoms. The zero-order valence-electron chi connectivity index (χ0n) is 14.6. The highest BCUT2D eigenvalue weighted by Crippen LogP contribution is 2.30. The Morgan fingerprint density at radius 3 is 1.88 bits per heavy atom. The first-order valence-corrected chi connectivity index (χ1v) is 10.0. The van der Waals surface area contributed by atoms with Gasteiger partial charge in [-0.3, -0.25) is 14.5 Å². The summed E-state index contributed by atoms with van der Waals surface area (Å²) >= 11 is 0. The standard InChI is InChI=1S/C18H21NO5Si/c1-22-25(23-2,24-3)12-6-11-19-17(20)14-9-4-7-13-8-5-10-15(16(13)14)18(19)21/h4-5,7-10H,6,11-12H2,1-3H3. The van der Waals surface area contributed by atoms with Crippen LogP contribution in [0.2, 0.25) is 6.04 Å². The van der Waals surface area contributed by atoms with Gasteiger partial charge < -0.3 is 13.3 Å². The molecule has 1 heterocycles. The largest absolute Gasteiger partial charge is 0.500 e. The van der Waals surface area contributed by atoms with Crippen molar-refractivity contribution >= 4 is 31.4 Å². The number of imide groups is 1. The number of nitrogens with zero attached hydrogens (tertiary/aromatic N) is 1. The molecular formula is C18H21NO5Si. The molecule has 0 N–H and O–H groups in total. The summed E-state index contributed by atoms with van der Waals surface area (Å²) in [5.74, 6) is -0.511. The summed E-state index contributed by atoms with van der Waals surface area (Å²) in [6, 6.07) is 11.6. The van der Waals surface area contributed by atoms with E-state index < -0.39 is 8.80 Å². The van der Waals surface area contributed by atoms with E-state index in [4.69, 9.17) is 13.3 Å². The minimum Gasteiger partial charge on any atom is -0.377 e. The first-order chi connectivity index (χ1) is 12.1. The molecule has 2 aromatic rings. The number of carbonyl (C=O) groups excluding carboxylic acids is 2. The number of rotatable bonds is 7. The Balaban J connectivity index is 1.83. The van der Waals surface area contributed by atoms with E-state index >= 15 is 0 Å². The Hall–Kier alpha value is -2.06. The fraction of sp³-hybridized carbons (Fsp3) is 0.333. The molecule has 0 spiro atoms. The summed E-state index contributed by atoms with van der Waals surface area (Å²) in [6.07, 6.45) is 0.553. The molecular weight excluding hydrogens is 338 g/mol. The number of hydrogen-bond donors (Lipinski definition) is 0. The summed E-state index contributed by atoms with van der Waals surface area (Å²) in [5.41, 5.74) is 1.14. The van der Waals surface area contributed by atoms with Gasteiger partial charge in [0.1, 0.15) is 0 Å². The minimum absolute atomic E-state index is 0.256. The van der Waals surface area contributed by atoms with Crippen LogP contribution < -0.4 is 0 Å². The van der Waals surface area contributed by atoms with Gasteiger partial charge in [0.15, 0.2) is 0 Å². The maximum Gasteiger partial charge on any atom is 0.500 e. The van der Waals surface area contributed by atoms with Gasteiger partial charge in [-0.25, -0.2) is 0 Å². The maximum absolute atomic E-state index is 12.8. The molecule has 0 saturated heterocycles. The van der Waals surface area contributed by atoms with Crippen LogP contribution in [0.1, 0.15) is 27.1 Å². The van der Waals surface area contributed by atoms with Gasteiger partial charge in [0.2, 0.25) is 0 Å². The third-order valence-electron chi connectivity index (χ3n) is 4.65. The lowest BCUT2D eigenvalue weighted by Crippen LogP contribution is -2.45. The second-order valence-electron chi connectivity index (χ2n) is 5.87. The van der Waals surface area contributed by atoms with Crippen LogP contribution >= 0.6 is 0 Å². The van der Waals surface area contributed by atoms with Crippen molar-refractivity contribution in [3.05, 3.63) is 47.5 Å². The topological polar surface area (TPSA) is 65.1 Å². The lowest BCUT2D eigenvalue weighted by atomic mass is 9.94. The third kappa shape index (κ3) is 3.00. The first kappa shape index (κ1) is 17.8. The highest BCUT2D eigenvalue weighted by atomic mass is 28.4. The third-order valence-corrected chi connectivity index (χ3v) is 7.49. The summed E-state index contributed by atoms with van der Waals surface area (Å²) in [6.45, 7) is 0.299. The van der Waals surface area contributed by atoms with Crippen LogP contribution in [0.3, 0.4) is 0 Å². The van der Waals surface area contributed by atoms with E-state index in [9.17, 15) is 9.59 Å². The quantitative estimate of drug-likeness (QED) is 0.562. The number of benzene rings is 2. The van der Waals surface area contributed by atoms with Gasteiger partial charge in [-0.2, -0.15) is 0 Å². The van der Waals surface area contributed by atoms with Gasteiger partial charge >= 0.3 is 8.80 Å². The molecule has 0 aliphatic carbocycles. The molecule has 0 saturated carbocycles. The zero-order chi connectivity index (χ0) is 18.0. The molecule has 0 unspecified atom stereocenters. The Kier molecular flexibility index (Phi) is 5.00. The Morgan fingerprint density at radius 1 is 0.880 bits per heavy atom. The van der Waals surface area contributed by atoms with Crippen molar-refractivity contribution in [1.29, 1.82) is 0 Å². The fourth-order valence-corrected chi connectivity index (χ4v) is 5.00. The average Bonchev–Trinajstić information content (AvgIpc) is 2.66. The van der Waals surface area contributed by atoms with Crippen molar-refractivity contribution in [3.8, 4) is 0 Å². The van der Waals surface area contributed by atoms with Gasteiger partial charge in [0, 0.05) is 50.4 Å². The molecule has 0 radical (unpaired) electrons. The second kappa shape index (κ2) is 7.05. The van der Waals surface area contributed by atoms with Gasteiger partial charge in [0.25, 0.3) is 11.8 Å². The summed E-state index contributed by atoms with van der Waals surface area (Å²) in [7, 11) is 1.93. The molecule has 7 heteroatoms. The smallest absolute Gasteiger partial charge is 0.377 e. The van der Waals surface area contributed by atoms with Crippen molar-refractivity contribution in [1.82, 2.24) is 4.90 Å². The van der Waals surface area contributed by atoms with E-state index in [1.54, 1.807) is 33.5 Å². The molecule has 2 amide bonds. The van der Waals surface area contributed by atoms with E-state index in [1.165, 1.54) is 4.90 Å². The number of hydrogen-bond acceptors (Lipinski definition) is 5. The zero-order valence-corrected chi connectivity index (χ0v) is 15.6. The Morgan fingerprint density at radius 2 is 1.40 bits per heavy atom. The highest BCUT2D eigenvalue weighted by molar-refractivity contribution is 6.60. The van der Waals surface area contributed by atoms with E-state index in [0.29, 0.717) is 30.1 Å². The summed E-state index contributed by atoms with van der Waals surface area (Å²) in [4.78, 5) is 26.9. The molecule has 132 valence electrons. The van der Waals surface area contributed by atoms with Crippen LogP contribution in [0.4, 0.5) is 0 Å². The normalized spacial score (nSPS) is 14.4. The molecule has 3 rings (SSSR count). The van der Waals surface area contributed by atoms with Gasteiger partial charge in [-0.05, 0) is 23.9 Å². The second-order valence-corrected chi connectivity index (χ2v) is 8.96. The number of carbonyl (C=O) groups is 2.